The Labute approximate surface area is 114 Å². The molecule has 0 spiro atoms. The summed E-state index contributed by atoms with van der Waals surface area (Å²) in [4.78, 5) is 18.3. The van der Waals surface area contributed by atoms with E-state index in [0.717, 1.165) is 0 Å². The lowest BCUT2D eigenvalue weighted by atomic mass is 10.2. The van der Waals surface area contributed by atoms with Crippen LogP contribution in [0, 0.1) is 17.0 Å². The maximum absolute atomic E-state index is 11.0. The Morgan fingerprint density at radius 3 is 2.80 bits per heavy atom. The lowest BCUT2D eigenvalue weighted by Gasteiger charge is -2.09. The third-order valence-corrected chi connectivity index (χ3v) is 2.57. The highest BCUT2D eigenvalue weighted by atomic mass is 16.6. The van der Waals surface area contributed by atoms with Gasteiger partial charge in [0.1, 0.15) is 5.82 Å². The molecule has 8 heteroatoms. The molecule has 0 atom stereocenters. The first-order valence-corrected chi connectivity index (χ1v) is 5.75. The van der Waals surface area contributed by atoms with Crippen LogP contribution in [-0.2, 0) is 0 Å². The van der Waals surface area contributed by atoms with Gasteiger partial charge in [-0.05, 0) is 12.5 Å². The van der Waals surface area contributed by atoms with Crippen LogP contribution in [0.3, 0.4) is 0 Å². The second kappa shape index (κ2) is 5.39. The highest BCUT2D eigenvalue weighted by Crippen LogP contribution is 2.34. The van der Waals surface area contributed by atoms with E-state index in [9.17, 15) is 10.1 Å². The van der Waals surface area contributed by atoms with Gasteiger partial charge < -0.3 is 15.8 Å². The predicted molar refractivity (Wildman–Crippen MR) is 73.9 cm³/mol. The van der Waals surface area contributed by atoms with Gasteiger partial charge in [-0.1, -0.05) is 12.1 Å². The van der Waals surface area contributed by atoms with E-state index >= 15 is 0 Å². The highest BCUT2D eigenvalue weighted by Gasteiger charge is 2.18. The minimum Gasteiger partial charge on any atom is -0.431 e. The zero-order chi connectivity index (χ0) is 14.7. The molecular weight excluding hydrogens is 262 g/mol. The molecule has 1 aromatic carbocycles. The Balaban J connectivity index is 2.44. The number of hydrogen-bond acceptors (Lipinski definition) is 7. The van der Waals surface area contributed by atoms with Crippen molar-refractivity contribution in [3.63, 3.8) is 0 Å². The smallest absolute Gasteiger partial charge is 0.311 e. The zero-order valence-electron chi connectivity index (χ0n) is 11.0. The quantitative estimate of drug-likeness (QED) is 0.648. The number of rotatable bonds is 4. The van der Waals surface area contributed by atoms with Gasteiger partial charge in [-0.25, -0.2) is 0 Å². The van der Waals surface area contributed by atoms with Gasteiger partial charge in [0.15, 0.2) is 0 Å². The number of aryl methyl sites for hydroxylation is 1. The van der Waals surface area contributed by atoms with Crippen molar-refractivity contribution in [2.75, 3.05) is 18.1 Å². The average Bonchev–Trinajstić information content (AvgIpc) is 2.40. The number of ether oxygens (including phenoxy) is 1. The molecule has 2 aromatic rings. The monoisotopic (exact) mass is 275 g/mol. The summed E-state index contributed by atoms with van der Waals surface area (Å²) < 4.78 is 5.51. The van der Waals surface area contributed by atoms with Crippen molar-refractivity contribution in [1.82, 2.24) is 9.97 Å². The minimum absolute atomic E-state index is 0.0167. The molecule has 3 N–H and O–H groups in total. The number of nitrogens with one attached hydrogen (secondary N) is 1. The van der Waals surface area contributed by atoms with Crippen molar-refractivity contribution < 1.29 is 9.66 Å². The van der Waals surface area contributed by atoms with Crippen molar-refractivity contribution in [2.45, 2.75) is 6.92 Å². The summed E-state index contributed by atoms with van der Waals surface area (Å²) >= 11 is 0. The Hall–Kier alpha value is -2.90. The predicted octanol–water partition coefficient (Wildman–Crippen LogP) is 2.11. The summed E-state index contributed by atoms with van der Waals surface area (Å²) in [5, 5.41) is 13.8. The van der Waals surface area contributed by atoms with E-state index < -0.39 is 4.92 Å². The number of nitro groups is 1. The van der Waals surface area contributed by atoms with Crippen molar-refractivity contribution in [3.05, 3.63) is 39.9 Å². The normalized spacial score (nSPS) is 10.1. The first kappa shape index (κ1) is 13.5. The Morgan fingerprint density at radius 1 is 1.40 bits per heavy atom. The van der Waals surface area contributed by atoms with Crippen molar-refractivity contribution >= 4 is 17.5 Å². The van der Waals surface area contributed by atoms with Crippen LogP contribution in [0.4, 0.5) is 17.5 Å². The maximum Gasteiger partial charge on any atom is 0.311 e. The molecule has 104 valence electrons. The van der Waals surface area contributed by atoms with E-state index in [1.807, 2.05) is 0 Å². The summed E-state index contributed by atoms with van der Waals surface area (Å²) in [7, 11) is 1.67. The third kappa shape index (κ3) is 2.74. The molecule has 0 aliphatic heterocycles. The number of nitro benzene ring substituents is 1. The van der Waals surface area contributed by atoms with Gasteiger partial charge in [0.25, 0.3) is 0 Å². The van der Waals surface area contributed by atoms with Gasteiger partial charge in [-0.3, -0.25) is 10.1 Å². The van der Waals surface area contributed by atoms with E-state index in [-0.39, 0.29) is 23.3 Å². The van der Waals surface area contributed by atoms with Crippen LogP contribution in [0.25, 0.3) is 0 Å². The molecule has 2 rings (SSSR count). The summed E-state index contributed by atoms with van der Waals surface area (Å²) in [6, 6.07) is 6.18. The fourth-order valence-electron chi connectivity index (χ4n) is 1.64. The van der Waals surface area contributed by atoms with Crippen LogP contribution < -0.4 is 15.8 Å². The molecular formula is C12H13N5O3. The summed E-state index contributed by atoms with van der Waals surface area (Å²) in [5.41, 5.74) is 6.04. The van der Waals surface area contributed by atoms with Crippen LogP contribution in [-0.4, -0.2) is 21.9 Å². The van der Waals surface area contributed by atoms with Gasteiger partial charge in [-0.15, -0.1) is 0 Å². The molecule has 0 amide bonds. The number of hydrogen-bond donors (Lipinski definition) is 2. The number of anilines is 2. The number of para-hydroxylation sites is 1. The first-order valence-electron chi connectivity index (χ1n) is 5.75. The molecule has 0 bridgehead atoms. The van der Waals surface area contributed by atoms with Crippen LogP contribution >= 0.6 is 0 Å². The van der Waals surface area contributed by atoms with Crippen LogP contribution in [0.2, 0.25) is 0 Å². The van der Waals surface area contributed by atoms with Crippen molar-refractivity contribution in [3.8, 4) is 11.6 Å². The largest absolute Gasteiger partial charge is 0.431 e. The summed E-state index contributed by atoms with van der Waals surface area (Å²) in [6.07, 6.45) is 0. The van der Waals surface area contributed by atoms with Gasteiger partial charge in [0.05, 0.1) is 4.92 Å². The average molecular weight is 275 g/mol. The van der Waals surface area contributed by atoms with Crippen LogP contribution in [0.15, 0.2) is 24.3 Å². The first-order chi connectivity index (χ1) is 9.51. The fraction of sp³-hybridized carbons (Fsp3) is 0.167. The molecule has 0 saturated carbocycles. The molecule has 20 heavy (non-hydrogen) atoms. The fourth-order valence-corrected chi connectivity index (χ4v) is 1.64. The molecule has 1 heterocycles. The number of nitrogen functional groups attached to an aromatic ring is 1. The number of nitrogens with two attached hydrogens (primary N) is 1. The van der Waals surface area contributed by atoms with E-state index in [0.29, 0.717) is 11.4 Å². The van der Waals surface area contributed by atoms with E-state index in [2.05, 4.69) is 15.3 Å². The Kier molecular flexibility index (Phi) is 3.65. The topological polar surface area (TPSA) is 116 Å². The van der Waals surface area contributed by atoms with Crippen LogP contribution in [0.5, 0.6) is 11.6 Å². The summed E-state index contributed by atoms with van der Waals surface area (Å²) in [5.74, 6) is 0.753. The molecule has 0 unspecified atom stereocenters. The van der Waals surface area contributed by atoms with Gasteiger partial charge in [0, 0.05) is 19.2 Å². The molecule has 0 aliphatic carbocycles. The number of benzene rings is 1. The van der Waals surface area contributed by atoms with Gasteiger partial charge >= 0.3 is 5.69 Å². The van der Waals surface area contributed by atoms with Crippen molar-refractivity contribution in [1.29, 1.82) is 0 Å². The molecule has 0 fully saturated rings. The van der Waals surface area contributed by atoms with E-state index in [1.54, 1.807) is 26.1 Å². The molecule has 1 aromatic heterocycles. The van der Waals surface area contributed by atoms with E-state index in [1.165, 1.54) is 12.1 Å². The molecule has 0 aliphatic rings. The molecule has 0 saturated heterocycles. The lowest BCUT2D eigenvalue weighted by Crippen LogP contribution is -2.02. The second-order valence-electron chi connectivity index (χ2n) is 3.98. The van der Waals surface area contributed by atoms with Gasteiger partial charge in [0.2, 0.25) is 17.6 Å². The highest BCUT2D eigenvalue weighted by molar-refractivity contribution is 5.53. The zero-order valence-corrected chi connectivity index (χ0v) is 11.0. The SMILES string of the molecule is CNc1cc(Oc2c(C)cccc2[N+](=O)[O-])nc(N)n1. The van der Waals surface area contributed by atoms with Gasteiger partial charge in [-0.2, -0.15) is 9.97 Å². The maximum atomic E-state index is 11.0. The lowest BCUT2D eigenvalue weighted by molar-refractivity contribution is -0.385. The Morgan fingerprint density at radius 2 is 2.15 bits per heavy atom. The summed E-state index contributed by atoms with van der Waals surface area (Å²) in [6.45, 7) is 1.71. The van der Waals surface area contributed by atoms with Crippen LogP contribution in [0.1, 0.15) is 5.56 Å². The number of aromatic nitrogens is 2. The second-order valence-corrected chi connectivity index (χ2v) is 3.98. The third-order valence-electron chi connectivity index (χ3n) is 2.57. The molecule has 8 nitrogen and oxygen atoms in total. The number of nitrogens with zero attached hydrogens (tertiary/aromatic N) is 3. The Bertz CT molecular complexity index is 660. The standard InChI is InChI=1S/C12H13N5O3/c1-7-4-3-5-8(17(18)19)11(7)20-10-6-9(14-2)15-12(13)16-10/h3-6H,1-2H3,(H3,13,14,15,16). The van der Waals surface area contributed by atoms with Crippen molar-refractivity contribution in [2.24, 2.45) is 0 Å². The van der Waals surface area contributed by atoms with E-state index in [4.69, 9.17) is 10.5 Å². The molecule has 0 radical (unpaired) electrons. The minimum atomic E-state index is -0.508.